The molecule has 2 aromatic heterocycles. The second-order valence-corrected chi connectivity index (χ2v) is 9.14. The zero-order chi connectivity index (χ0) is 21.9. The van der Waals surface area contributed by atoms with Gasteiger partial charge in [-0.3, -0.25) is 14.3 Å². The Labute approximate surface area is 180 Å². The molecule has 3 rings (SSSR count). The van der Waals surface area contributed by atoms with E-state index in [1.807, 2.05) is 32.3 Å². The molecule has 2 aromatic rings. The monoisotopic (exact) mass is 435 g/mol. The molecule has 10 heteroatoms. The largest absolute Gasteiger partial charge is 0.383 e. The number of aromatic nitrogens is 3. The molecule has 1 aliphatic rings. The van der Waals surface area contributed by atoms with Crippen LogP contribution in [0.5, 0.6) is 0 Å². The number of hydrogen-bond acceptors (Lipinski definition) is 7. The fourth-order valence-electron chi connectivity index (χ4n) is 3.76. The molecule has 0 bridgehead atoms. The van der Waals surface area contributed by atoms with Crippen molar-refractivity contribution in [3.63, 3.8) is 0 Å². The van der Waals surface area contributed by atoms with E-state index < -0.39 is 17.5 Å². The normalized spacial score (nSPS) is 19.5. The van der Waals surface area contributed by atoms with E-state index in [4.69, 9.17) is 9.47 Å². The van der Waals surface area contributed by atoms with Gasteiger partial charge in [0.15, 0.2) is 5.13 Å². The van der Waals surface area contributed by atoms with Crippen LogP contribution in [0.2, 0.25) is 0 Å². The van der Waals surface area contributed by atoms with Crippen molar-refractivity contribution >= 4 is 28.3 Å². The number of anilines is 1. The Kier molecular flexibility index (Phi) is 6.89. The number of rotatable bonds is 8. The van der Waals surface area contributed by atoms with Crippen molar-refractivity contribution in [3.8, 4) is 0 Å². The Morgan fingerprint density at radius 2 is 2.10 bits per heavy atom. The smallest absolute Gasteiger partial charge is 0.232 e. The topological polar surface area (TPSA) is 98.6 Å². The lowest BCUT2D eigenvalue weighted by Crippen LogP contribution is -2.44. The van der Waals surface area contributed by atoms with Gasteiger partial charge in [-0.05, 0) is 20.8 Å². The zero-order valence-electron chi connectivity index (χ0n) is 18.0. The summed E-state index contributed by atoms with van der Waals surface area (Å²) >= 11 is 1.34. The minimum absolute atomic E-state index is 0.0449. The predicted octanol–water partition coefficient (Wildman–Crippen LogP) is 2.46. The van der Waals surface area contributed by atoms with Crippen molar-refractivity contribution in [3.05, 3.63) is 29.0 Å². The van der Waals surface area contributed by atoms with E-state index in [0.717, 1.165) is 11.3 Å². The Balaban J connectivity index is 1.86. The van der Waals surface area contributed by atoms with Crippen molar-refractivity contribution in [2.45, 2.75) is 51.9 Å². The number of amides is 2. The molecular weight excluding hydrogens is 406 g/mol. The molecule has 9 nitrogen and oxygen atoms in total. The fraction of sp³-hybridized carbons (Fsp3) is 0.600. The third-order valence-electron chi connectivity index (χ3n) is 4.98. The SMILES string of the molecule is COCCn1cc([C@@H]2[C@H](C(=O)Nc3nc(COC)cs3)CC(=O)N2C(C)(C)C)cn1. The number of methoxy groups -OCH3 is 2. The summed E-state index contributed by atoms with van der Waals surface area (Å²) in [6.45, 7) is 7.45. The summed E-state index contributed by atoms with van der Waals surface area (Å²) in [5.41, 5.74) is 1.16. The summed E-state index contributed by atoms with van der Waals surface area (Å²) in [5.74, 6) is -0.800. The van der Waals surface area contributed by atoms with Gasteiger partial charge in [-0.1, -0.05) is 0 Å². The molecule has 2 atom stereocenters. The molecule has 1 fully saturated rings. The van der Waals surface area contributed by atoms with Crippen LogP contribution in [0.25, 0.3) is 0 Å². The molecule has 3 heterocycles. The van der Waals surface area contributed by atoms with Crippen molar-refractivity contribution in [1.82, 2.24) is 19.7 Å². The van der Waals surface area contributed by atoms with E-state index in [1.165, 1.54) is 11.3 Å². The number of likely N-dealkylation sites (tertiary alicyclic amines) is 1. The lowest BCUT2D eigenvalue weighted by atomic mass is 9.93. The van der Waals surface area contributed by atoms with Crippen molar-refractivity contribution in [1.29, 1.82) is 0 Å². The van der Waals surface area contributed by atoms with E-state index in [-0.39, 0.29) is 18.2 Å². The Hall–Kier alpha value is -2.30. The third-order valence-corrected chi connectivity index (χ3v) is 5.78. The van der Waals surface area contributed by atoms with Gasteiger partial charge in [0.2, 0.25) is 11.8 Å². The second-order valence-electron chi connectivity index (χ2n) is 8.29. The highest BCUT2D eigenvalue weighted by molar-refractivity contribution is 7.13. The van der Waals surface area contributed by atoms with Gasteiger partial charge in [0.1, 0.15) is 0 Å². The third kappa shape index (κ3) is 4.88. The first kappa shape index (κ1) is 22.4. The Morgan fingerprint density at radius 3 is 2.77 bits per heavy atom. The highest BCUT2D eigenvalue weighted by atomic mass is 32.1. The minimum atomic E-state index is -0.536. The summed E-state index contributed by atoms with van der Waals surface area (Å²) in [7, 11) is 3.23. The van der Waals surface area contributed by atoms with Gasteiger partial charge in [0.05, 0.1) is 43.6 Å². The zero-order valence-corrected chi connectivity index (χ0v) is 18.9. The van der Waals surface area contributed by atoms with Gasteiger partial charge in [-0.25, -0.2) is 4.98 Å². The van der Waals surface area contributed by atoms with Crippen LogP contribution >= 0.6 is 11.3 Å². The van der Waals surface area contributed by atoms with Crippen LogP contribution in [0.3, 0.4) is 0 Å². The number of carbonyl (C=O) groups excluding carboxylic acids is 2. The molecule has 1 saturated heterocycles. The highest BCUT2D eigenvalue weighted by Crippen LogP contribution is 2.43. The van der Waals surface area contributed by atoms with Crippen LogP contribution in [0.1, 0.15) is 44.5 Å². The van der Waals surface area contributed by atoms with Gasteiger partial charge in [-0.15, -0.1) is 11.3 Å². The molecule has 1 aliphatic heterocycles. The number of ether oxygens (including phenoxy) is 2. The first-order valence-corrected chi connectivity index (χ1v) is 10.7. The van der Waals surface area contributed by atoms with Crippen molar-refractivity contribution < 1.29 is 19.1 Å². The Morgan fingerprint density at radius 1 is 1.33 bits per heavy atom. The number of carbonyl (C=O) groups is 2. The van der Waals surface area contributed by atoms with Crippen LogP contribution in [0.15, 0.2) is 17.8 Å². The fourth-order valence-corrected chi connectivity index (χ4v) is 4.46. The first-order valence-electron chi connectivity index (χ1n) is 9.82. The number of nitrogens with zero attached hydrogens (tertiary/aromatic N) is 4. The van der Waals surface area contributed by atoms with Crippen LogP contribution in [0.4, 0.5) is 5.13 Å². The van der Waals surface area contributed by atoms with Crippen LogP contribution < -0.4 is 5.32 Å². The molecule has 1 N–H and O–H groups in total. The quantitative estimate of drug-likeness (QED) is 0.684. The molecular formula is C20H29N5O4S. The van der Waals surface area contributed by atoms with Crippen molar-refractivity contribution in [2.24, 2.45) is 5.92 Å². The van der Waals surface area contributed by atoms with Gasteiger partial charge < -0.3 is 19.7 Å². The standard InChI is InChI=1S/C20H29N5O4S/c1-20(2,3)25-16(26)8-15(17(25)13-9-21-24(10-13)6-7-28-4)18(27)23-19-22-14(11-29-5)12-30-19/h9-10,12,15,17H,6-8,11H2,1-5H3,(H,22,23,27)/t15-,17-/m1/s1. The maximum atomic E-state index is 13.2. The number of thiazole rings is 1. The summed E-state index contributed by atoms with van der Waals surface area (Å²) < 4.78 is 12.0. The number of nitrogens with one attached hydrogen (secondary N) is 1. The molecule has 0 saturated carbocycles. The predicted molar refractivity (Wildman–Crippen MR) is 113 cm³/mol. The average molecular weight is 436 g/mol. The molecule has 30 heavy (non-hydrogen) atoms. The van der Waals surface area contributed by atoms with Gasteiger partial charge in [-0.2, -0.15) is 5.10 Å². The van der Waals surface area contributed by atoms with Crippen LogP contribution in [0, 0.1) is 5.92 Å². The molecule has 164 valence electrons. The van der Waals surface area contributed by atoms with Gasteiger partial charge in [0, 0.05) is 43.3 Å². The molecule has 0 aliphatic carbocycles. The lowest BCUT2D eigenvalue weighted by molar-refractivity contribution is -0.133. The molecule has 2 amide bonds. The lowest BCUT2D eigenvalue weighted by Gasteiger charge is -2.38. The maximum Gasteiger partial charge on any atom is 0.232 e. The van der Waals surface area contributed by atoms with Gasteiger partial charge in [0.25, 0.3) is 0 Å². The average Bonchev–Trinajstić information content (AvgIpc) is 3.38. The molecule has 0 spiro atoms. The van der Waals surface area contributed by atoms with E-state index >= 15 is 0 Å². The molecule has 0 unspecified atom stereocenters. The summed E-state index contributed by atoms with van der Waals surface area (Å²) in [6, 6.07) is -0.396. The maximum absolute atomic E-state index is 13.2. The highest BCUT2D eigenvalue weighted by Gasteiger charge is 2.49. The van der Waals surface area contributed by atoms with Gasteiger partial charge >= 0.3 is 0 Å². The minimum Gasteiger partial charge on any atom is -0.383 e. The van der Waals surface area contributed by atoms with E-state index in [1.54, 1.807) is 30.0 Å². The second kappa shape index (κ2) is 9.23. The van der Waals surface area contributed by atoms with E-state index in [9.17, 15) is 9.59 Å². The summed E-state index contributed by atoms with van der Waals surface area (Å²) in [6.07, 6.45) is 3.77. The summed E-state index contributed by atoms with van der Waals surface area (Å²) in [4.78, 5) is 32.2. The Bertz CT molecular complexity index is 888. The molecule has 0 aromatic carbocycles. The van der Waals surface area contributed by atoms with Crippen molar-refractivity contribution in [2.75, 3.05) is 26.1 Å². The van der Waals surface area contributed by atoms with E-state index in [0.29, 0.717) is 24.9 Å². The van der Waals surface area contributed by atoms with E-state index in [2.05, 4.69) is 15.4 Å². The summed E-state index contributed by atoms with van der Waals surface area (Å²) in [5, 5.41) is 9.62. The van der Waals surface area contributed by atoms with Crippen LogP contribution in [-0.2, 0) is 32.2 Å². The van der Waals surface area contributed by atoms with Crippen LogP contribution in [-0.4, -0.2) is 57.8 Å². The molecule has 0 radical (unpaired) electrons. The number of hydrogen-bond donors (Lipinski definition) is 1. The first-order chi connectivity index (χ1) is 14.2.